The summed E-state index contributed by atoms with van der Waals surface area (Å²) in [6.45, 7) is 8.01. The zero-order valence-corrected chi connectivity index (χ0v) is 22.2. The molecule has 0 aliphatic carbocycles. The average Bonchev–Trinajstić information content (AvgIpc) is 2.88. The minimum absolute atomic E-state index is 0.00514. The maximum atomic E-state index is 13.7. The predicted octanol–water partition coefficient (Wildman–Crippen LogP) is 5.89. The third-order valence-electron chi connectivity index (χ3n) is 6.23. The van der Waals surface area contributed by atoms with Crippen LogP contribution in [0.4, 0.5) is 0 Å². The molecule has 0 bridgehead atoms. The van der Waals surface area contributed by atoms with Crippen LogP contribution in [0.15, 0.2) is 72.8 Å². The molecule has 0 aliphatic heterocycles. The monoisotopic (exact) mass is 506 g/mol. The summed E-state index contributed by atoms with van der Waals surface area (Å²) < 4.78 is 5.96. The first-order valence-electron chi connectivity index (χ1n) is 12.3. The smallest absolute Gasteiger partial charge is 0.261 e. The largest absolute Gasteiger partial charge is 0.483 e. The molecule has 0 heterocycles. The summed E-state index contributed by atoms with van der Waals surface area (Å²) in [6, 6.07) is 22.3. The number of hydrogen-bond acceptors (Lipinski definition) is 3. The van der Waals surface area contributed by atoms with Gasteiger partial charge >= 0.3 is 0 Å². The van der Waals surface area contributed by atoms with Crippen molar-refractivity contribution in [3.63, 3.8) is 0 Å². The fourth-order valence-corrected chi connectivity index (χ4v) is 3.99. The van der Waals surface area contributed by atoms with Crippen LogP contribution < -0.4 is 10.1 Å². The number of aryl methyl sites for hydroxylation is 2. The van der Waals surface area contributed by atoms with Crippen molar-refractivity contribution in [1.29, 1.82) is 0 Å². The molecule has 0 radical (unpaired) electrons. The number of ether oxygens (including phenoxy) is 1. The molecule has 36 heavy (non-hydrogen) atoms. The molecule has 0 saturated carbocycles. The molecule has 3 aromatic carbocycles. The molecular weight excluding hydrogens is 472 g/mol. The fourth-order valence-electron chi connectivity index (χ4n) is 3.87. The van der Waals surface area contributed by atoms with E-state index in [2.05, 4.69) is 5.32 Å². The van der Waals surface area contributed by atoms with Crippen molar-refractivity contribution in [2.75, 3.05) is 6.61 Å². The fraction of sp³-hybridized carbons (Fsp3) is 0.333. The van der Waals surface area contributed by atoms with E-state index in [9.17, 15) is 9.59 Å². The van der Waals surface area contributed by atoms with Crippen LogP contribution in [0.5, 0.6) is 5.75 Å². The summed E-state index contributed by atoms with van der Waals surface area (Å²) >= 11 is 6.08. The zero-order valence-electron chi connectivity index (χ0n) is 21.5. The first-order chi connectivity index (χ1) is 17.3. The Kier molecular flexibility index (Phi) is 9.95. The van der Waals surface area contributed by atoms with Crippen molar-refractivity contribution in [3.05, 3.63) is 100 Å². The van der Waals surface area contributed by atoms with Gasteiger partial charge < -0.3 is 15.0 Å². The molecule has 0 saturated heterocycles. The number of halogens is 1. The summed E-state index contributed by atoms with van der Waals surface area (Å²) in [4.78, 5) is 28.8. The topological polar surface area (TPSA) is 58.6 Å². The second-order valence-corrected chi connectivity index (χ2v) is 9.67. The third-order valence-corrected chi connectivity index (χ3v) is 6.49. The second-order valence-electron chi connectivity index (χ2n) is 9.23. The van der Waals surface area contributed by atoms with E-state index in [0.29, 0.717) is 17.2 Å². The molecule has 0 aliphatic rings. The van der Waals surface area contributed by atoms with Gasteiger partial charge in [-0.15, -0.1) is 0 Å². The Morgan fingerprint density at radius 2 is 1.67 bits per heavy atom. The Morgan fingerprint density at radius 1 is 0.972 bits per heavy atom. The van der Waals surface area contributed by atoms with Gasteiger partial charge in [-0.3, -0.25) is 9.59 Å². The molecule has 2 amide bonds. The highest BCUT2D eigenvalue weighted by molar-refractivity contribution is 6.30. The Balaban J connectivity index is 1.92. The lowest BCUT2D eigenvalue weighted by Gasteiger charge is -2.32. The van der Waals surface area contributed by atoms with Gasteiger partial charge in [0.1, 0.15) is 11.8 Å². The number of carbonyl (C=O) groups excluding carboxylic acids is 2. The normalized spacial score (nSPS) is 12.5. The first-order valence-corrected chi connectivity index (χ1v) is 12.7. The van der Waals surface area contributed by atoms with Crippen LogP contribution in [-0.2, 0) is 22.6 Å². The van der Waals surface area contributed by atoms with Crippen LogP contribution in [0.25, 0.3) is 0 Å². The SMILES string of the molecule is CC[C@H](C)NC(=O)[C@H](Cc1ccccc1)N(Cc1ccc(Cl)cc1)C(=O)COc1cc(C)ccc1C. The zero-order chi connectivity index (χ0) is 26.1. The van der Waals surface area contributed by atoms with E-state index in [1.165, 1.54) is 0 Å². The summed E-state index contributed by atoms with van der Waals surface area (Å²) in [7, 11) is 0. The maximum absolute atomic E-state index is 13.7. The highest BCUT2D eigenvalue weighted by Gasteiger charge is 2.31. The minimum Gasteiger partial charge on any atom is -0.483 e. The molecule has 6 heteroatoms. The summed E-state index contributed by atoms with van der Waals surface area (Å²) in [5, 5.41) is 3.69. The van der Waals surface area contributed by atoms with Crippen LogP contribution >= 0.6 is 11.6 Å². The van der Waals surface area contributed by atoms with Crippen LogP contribution in [0, 0.1) is 13.8 Å². The summed E-state index contributed by atoms with van der Waals surface area (Å²) in [6.07, 6.45) is 1.19. The quantitative estimate of drug-likeness (QED) is 0.352. The van der Waals surface area contributed by atoms with Crippen LogP contribution in [-0.4, -0.2) is 35.4 Å². The van der Waals surface area contributed by atoms with E-state index in [-0.39, 0.29) is 31.0 Å². The lowest BCUT2D eigenvalue weighted by Crippen LogP contribution is -2.53. The van der Waals surface area contributed by atoms with Crippen LogP contribution in [0.2, 0.25) is 5.02 Å². The van der Waals surface area contributed by atoms with Gasteiger partial charge in [0.2, 0.25) is 5.91 Å². The number of hydrogen-bond donors (Lipinski definition) is 1. The molecule has 1 N–H and O–H groups in total. The lowest BCUT2D eigenvalue weighted by molar-refractivity contribution is -0.143. The molecule has 0 unspecified atom stereocenters. The summed E-state index contributed by atoms with van der Waals surface area (Å²) in [5.74, 6) is 0.229. The van der Waals surface area contributed by atoms with E-state index in [4.69, 9.17) is 16.3 Å². The van der Waals surface area contributed by atoms with E-state index in [1.54, 1.807) is 17.0 Å². The number of benzene rings is 3. The van der Waals surface area contributed by atoms with Gasteiger partial charge in [-0.25, -0.2) is 0 Å². The maximum Gasteiger partial charge on any atom is 0.261 e. The second kappa shape index (κ2) is 13.1. The van der Waals surface area contributed by atoms with Crippen LogP contribution in [0.1, 0.15) is 42.5 Å². The van der Waals surface area contributed by atoms with Crippen molar-refractivity contribution >= 4 is 23.4 Å². The van der Waals surface area contributed by atoms with Gasteiger partial charge in [0, 0.05) is 24.0 Å². The minimum atomic E-state index is -0.702. The van der Waals surface area contributed by atoms with Crippen molar-refractivity contribution in [2.24, 2.45) is 0 Å². The van der Waals surface area contributed by atoms with Gasteiger partial charge in [0.15, 0.2) is 6.61 Å². The predicted molar refractivity (Wildman–Crippen MR) is 145 cm³/mol. The highest BCUT2D eigenvalue weighted by atomic mass is 35.5. The standard InChI is InChI=1S/C30H35ClN2O3/c1-5-23(4)32-30(35)27(18-24-9-7-6-8-10-24)33(19-25-13-15-26(31)16-14-25)29(34)20-36-28-17-21(2)11-12-22(28)3/h6-17,23,27H,5,18-20H2,1-4H3,(H,32,35)/t23-,27-/m0/s1. The van der Waals surface area contributed by atoms with Crippen molar-refractivity contribution in [1.82, 2.24) is 10.2 Å². The molecule has 0 fully saturated rings. The number of nitrogens with zero attached hydrogens (tertiary/aromatic N) is 1. The summed E-state index contributed by atoms with van der Waals surface area (Å²) in [5.41, 5.74) is 3.86. The van der Waals surface area contributed by atoms with Gasteiger partial charge in [0.25, 0.3) is 5.91 Å². The van der Waals surface area contributed by atoms with E-state index in [0.717, 1.165) is 28.7 Å². The Morgan fingerprint density at radius 3 is 2.33 bits per heavy atom. The van der Waals surface area contributed by atoms with Gasteiger partial charge in [0.05, 0.1) is 0 Å². The molecule has 3 aromatic rings. The van der Waals surface area contributed by atoms with Crippen LogP contribution in [0.3, 0.4) is 0 Å². The van der Waals surface area contributed by atoms with Crippen molar-refractivity contribution in [3.8, 4) is 5.75 Å². The Hall–Kier alpha value is -3.31. The molecule has 190 valence electrons. The number of rotatable bonds is 11. The molecular formula is C30H35ClN2O3. The highest BCUT2D eigenvalue weighted by Crippen LogP contribution is 2.21. The van der Waals surface area contributed by atoms with Gasteiger partial charge in [-0.05, 0) is 67.6 Å². The Labute approximate surface area is 219 Å². The number of carbonyl (C=O) groups is 2. The van der Waals surface area contributed by atoms with E-state index in [1.807, 2.05) is 88.4 Å². The molecule has 3 rings (SSSR count). The van der Waals surface area contributed by atoms with E-state index < -0.39 is 6.04 Å². The molecule has 5 nitrogen and oxygen atoms in total. The van der Waals surface area contributed by atoms with Crippen molar-refractivity contribution < 1.29 is 14.3 Å². The van der Waals surface area contributed by atoms with E-state index >= 15 is 0 Å². The number of amides is 2. The Bertz CT molecular complexity index is 1150. The third kappa shape index (κ3) is 7.85. The van der Waals surface area contributed by atoms with Gasteiger partial charge in [-0.1, -0.05) is 73.1 Å². The molecule has 0 aromatic heterocycles. The molecule has 0 spiro atoms. The molecule has 2 atom stereocenters. The average molecular weight is 507 g/mol. The lowest BCUT2D eigenvalue weighted by atomic mass is 10.0. The number of nitrogens with one attached hydrogen (secondary N) is 1. The van der Waals surface area contributed by atoms with Gasteiger partial charge in [-0.2, -0.15) is 0 Å². The first kappa shape index (κ1) is 27.3. The van der Waals surface area contributed by atoms with Crippen molar-refractivity contribution in [2.45, 2.75) is 59.2 Å².